The first-order chi connectivity index (χ1) is 14.6. The van der Waals surface area contributed by atoms with Crippen molar-refractivity contribution in [1.29, 1.82) is 0 Å². The zero-order valence-corrected chi connectivity index (χ0v) is 21.0. The highest BCUT2D eigenvalue weighted by Gasteiger charge is 2.25. The number of nitrogens with one attached hydrogen (secondary N) is 2. The summed E-state index contributed by atoms with van der Waals surface area (Å²) < 4.78 is 14.0. The molecule has 0 radical (unpaired) electrons. The minimum Gasteiger partial charge on any atom is -0.357 e. The molecule has 170 valence electrons. The topological polar surface area (TPSA) is 55.8 Å². The smallest absolute Gasteiger partial charge is 0.191 e. The van der Waals surface area contributed by atoms with Crippen LogP contribution in [0.1, 0.15) is 31.4 Å². The van der Waals surface area contributed by atoms with Crippen LogP contribution in [0.15, 0.2) is 47.6 Å². The molecule has 0 amide bonds. The van der Waals surface area contributed by atoms with Crippen molar-refractivity contribution in [2.75, 3.05) is 38.1 Å². The van der Waals surface area contributed by atoms with Crippen LogP contribution in [0.3, 0.4) is 0 Å². The predicted molar refractivity (Wildman–Crippen MR) is 137 cm³/mol. The van der Waals surface area contributed by atoms with Crippen LogP contribution < -0.4 is 15.5 Å². The van der Waals surface area contributed by atoms with E-state index < -0.39 is 0 Å². The van der Waals surface area contributed by atoms with E-state index in [9.17, 15) is 4.39 Å². The highest BCUT2D eigenvalue weighted by atomic mass is 127. The van der Waals surface area contributed by atoms with E-state index in [-0.39, 0.29) is 35.8 Å². The zero-order chi connectivity index (χ0) is 21.3. The molecule has 0 spiro atoms. The van der Waals surface area contributed by atoms with Crippen LogP contribution in [-0.4, -0.2) is 55.1 Å². The van der Waals surface area contributed by atoms with Crippen molar-refractivity contribution >= 4 is 35.8 Å². The minimum atomic E-state index is -0.271. The maximum absolute atomic E-state index is 14.0. The summed E-state index contributed by atoms with van der Waals surface area (Å²) in [6, 6.07) is 11.9. The molecule has 1 aliphatic rings. The van der Waals surface area contributed by atoms with Gasteiger partial charge in [-0.3, -0.25) is 0 Å². The Labute approximate surface area is 202 Å². The summed E-state index contributed by atoms with van der Waals surface area (Å²) in [4.78, 5) is 13.2. The second-order valence-corrected chi connectivity index (χ2v) is 7.73. The lowest BCUT2D eigenvalue weighted by Gasteiger charge is -2.20. The molecule has 2 heterocycles. The van der Waals surface area contributed by atoms with Gasteiger partial charge in [0.1, 0.15) is 0 Å². The van der Waals surface area contributed by atoms with Crippen LogP contribution in [0.25, 0.3) is 0 Å². The third-order valence-electron chi connectivity index (χ3n) is 5.32. The summed E-state index contributed by atoms with van der Waals surface area (Å²) in [7, 11) is 2.12. The normalized spacial score (nSPS) is 16.4. The second kappa shape index (κ2) is 12.8. The van der Waals surface area contributed by atoms with Crippen molar-refractivity contribution in [1.82, 2.24) is 20.5 Å². The molecule has 1 fully saturated rings. The fourth-order valence-corrected chi connectivity index (χ4v) is 3.61. The molecular weight excluding hydrogens is 506 g/mol. The van der Waals surface area contributed by atoms with E-state index in [1.54, 1.807) is 12.3 Å². The van der Waals surface area contributed by atoms with Gasteiger partial charge in [-0.15, -0.1) is 24.0 Å². The molecule has 1 aromatic carbocycles. The van der Waals surface area contributed by atoms with Gasteiger partial charge in [0.2, 0.25) is 0 Å². The van der Waals surface area contributed by atoms with Crippen molar-refractivity contribution in [3.63, 3.8) is 0 Å². The molecule has 2 N–H and O–H groups in total. The van der Waals surface area contributed by atoms with Crippen LogP contribution in [-0.2, 0) is 13.1 Å². The van der Waals surface area contributed by atoms with Gasteiger partial charge in [0.05, 0.1) is 6.54 Å². The molecule has 2 aromatic rings. The standard InChI is InChI=1S/C23H33FN6.HI/c1-4-25-23(27-15-18-8-6-9-19(14-18)16-29(3)5-2)28-20-11-13-30(17-20)22-21(24)10-7-12-26-22;/h6-10,12,14,20H,4-5,11,13,15-17H2,1-3H3,(H2,25,27,28);1H. The van der Waals surface area contributed by atoms with Crippen molar-refractivity contribution in [2.24, 2.45) is 4.99 Å². The van der Waals surface area contributed by atoms with Crippen molar-refractivity contribution in [3.05, 3.63) is 59.5 Å². The molecule has 1 unspecified atom stereocenters. The Balaban J connectivity index is 0.00000341. The Morgan fingerprint density at radius 2 is 2.06 bits per heavy atom. The van der Waals surface area contributed by atoms with Crippen molar-refractivity contribution in [2.45, 2.75) is 39.4 Å². The fourth-order valence-electron chi connectivity index (χ4n) is 3.61. The maximum atomic E-state index is 14.0. The van der Waals surface area contributed by atoms with Gasteiger partial charge in [0.15, 0.2) is 17.6 Å². The lowest BCUT2D eigenvalue weighted by atomic mass is 10.1. The van der Waals surface area contributed by atoms with E-state index in [1.807, 2.05) is 4.90 Å². The first kappa shape index (κ1) is 25.3. The van der Waals surface area contributed by atoms with Gasteiger partial charge >= 0.3 is 0 Å². The lowest BCUT2D eigenvalue weighted by Crippen LogP contribution is -2.44. The quantitative estimate of drug-likeness (QED) is 0.305. The van der Waals surface area contributed by atoms with E-state index in [0.717, 1.165) is 38.6 Å². The van der Waals surface area contributed by atoms with E-state index in [2.05, 4.69) is 65.7 Å². The summed E-state index contributed by atoms with van der Waals surface area (Å²) >= 11 is 0. The van der Waals surface area contributed by atoms with Crippen molar-refractivity contribution < 1.29 is 4.39 Å². The molecule has 1 saturated heterocycles. The van der Waals surface area contributed by atoms with Crippen LogP contribution in [0.5, 0.6) is 0 Å². The number of guanidine groups is 1. The van der Waals surface area contributed by atoms with Gasteiger partial charge in [0, 0.05) is 38.4 Å². The lowest BCUT2D eigenvalue weighted by molar-refractivity contribution is 0.345. The first-order valence-corrected chi connectivity index (χ1v) is 10.8. The van der Waals surface area contributed by atoms with Crippen LogP contribution in [0.2, 0.25) is 0 Å². The fraction of sp³-hybridized carbons (Fsp3) is 0.478. The molecular formula is C23H34FIN6. The second-order valence-electron chi connectivity index (χ2n) is 7.73. The van der Waals surface area contributed by atoms with Gasteiger partial charge in [-0.05, 0) is 50.2 Å². The summed E-state index contributed by atoms with van der Waals surface area (Å²) in [5, 5.41) is 6.83. The Kier molecular flexibility index (Phi) is 10.5. The Hall–Kier alpha value is -1.94. The molecule has 6 nitrogen and oxygen atoms in total. The van der Waals surface area contributed by atoms with Crippen LogP contribution >= 0.6 is 24.0 Å². The molecule has 1 aromatic heterocycles. The number of halogens is 2. The van der Waals surface area contributed by atoms with Crippen LogP contribution in [0, 0.1) is 5.82 Å². The number of aromatic nitrogens is 1. The molecule has 0 bridgehead atoms. The highest BCUT2D eigenvalue weighted by molar-refractivity contribution is 14.0. The molecule has 1 atom stereocenters. The van der Waals surface area contributed by atoms with E-state index in [0.29, 0.717) is 18.9 Å². The predicted octanol–water partition coefficient (Wildman–Crippen LogP) is 3.62. The third-order valence-corrected chi connectivity index (χ3v) is 5.32. The van der Waals surface area contributed by atoms with E-state index in [1.165, 1.54) is 17.2 Å². The summed E-state index contributed by atoms with van der Waals surface area (Å²) in [6.45, 7) is 9.07. The van der Waals surface area contributed by atoms with Gasteiger partial charge < -0.3 is 20.4 Å². The molecule has 3 rings (SSSR count). The number of pyridine rings is 1. The summed E-state index contributed by atoms with van der Waals surface area (Å²) in [5.74, 6) is 0.951. The molecule has 0 aliphatic carbocycles. The number of hydrogen-bond donors (Lipinski definition) is 2. The number of rotatable bonds is 8. The number of hydrogen-bond acceptors (Lipinski definition) is 4. The van der Waals surface area contributed by atoms with Gasteiger partial charge in [-0.25, -0.2) is 14.4 Å². The van der Waals surface area contributed by atoms with Crippen molar-refractivity contribution in [3.8, 4) is 0 Å². The Morgan fingerprint density at radius 3 is 2.81 bits per heavy atom. The highest BCUT2D eigenvalue weighted by Crippen LogP contribution is 2.20. The number of nitrogens with zero attached hydrogens (tertiary/aromatic N) is 4. The number of aliphatic imine (C=N–C) groups is 1. The Bertz CT molecular complexity index is 846. The van der Waals surface area contributed by atoms with Gasteiger partial charge in [0.25, 0.3) is 0 Å². The number of benzene rings is 1. The summed E-state index contributed by atoms with van der Waals surface area (Å²) in [5.41, 5.74) is 2.49. The minimum absolute atomic E-state index is 0. The average molecular weight is 540 g/mol. The summed E-state index contributed by atoms with van der Waals surface area (Å²) in [6.07, 6.45) is 2.55. The zero-order valence-electron chi connectivity index (χ0n) is 18.6. The molecule has 0 saturated carbocycles. The van der Waals surface area contributed by atoms with E-state index in [4.69, 9.17) is 4.99 Å². The molecule has 31 heavy (non-hydrogen) atoms. The third kappa shape index (κ3) is 7.60. The first-order valence-electron chi connectivity index (χ1n) is 10.8. The van der Waals surface area contributed by atoms with Gasteiger partial charge in [-0.2, -0.15) is 0 Å². The Morgan fingerprint density at radius 1 is 1.26 bits per heavy atom. The largest absolute Gasteiger partial charge is 0.357 e. The maximum Gasteiger partial charge on any atom is 0.191 e. The SMILES string of the molecule is CCNC(=NCc1cccc(CN(C)CC)c1)NC1CCN(c2ncccc2F)C1.I. The number of anilines is 1. The van der Waals surface area contributed by atoms with Crippen LogP contribution in [0.4, 0.5) is 10.2 Å². The van der Waals surface area contributed by atoms with Gasteiger partial charge in [-0.1, -0.05) is 31.2 Å². The van der Waals surface area contributed by atoms with E-state index >= 15 is 0 Å². The molecule has 1 aliphatic heterocycles. The monoisotopic (exact) mass is 540 g/mol. The molecule has 8 heteroatoms. The average Bonchev–Trinajstić information content (AvgIpc) is 3.21.